The van der Waals surface area contributed by atoms with Crippen LogP contribution in [0.25, 0.3) is 0 Å². The van der Waals surface area contributed by atoms with Crippen molar-refractivity contribution in [3.05, 3.63) is 27.7 Å². The average Bonchev–Trinajstić information content (AvgIpc) is 2.70. The van der Waals surface area contributed by atoms with Gasteiger partial charge in [0.2, 0.25) is 10.0 Å². The van der Waals surface area contributed by atoms with Gasteiger partial charge in [0.05, 0.1) is 18.2 Å². The minimum absolute atomic E-state index is 0.0158. The van der Waals surface area contributed by atoms with E-state index in [9.17, 15) is 13.5 Å². The van der Waals surface area contributed by atoms with Crippen LogP contribution in [0.1, 0.15) is 12.0 Å². The van der Waals surface area contributed by atoms with Crippen molar-refractivity contribution in [2.45, 2.75) is 17.9 Å². The first-order valence-corrected chi connectivity index (χ1v) is 8.33. The molecule has 1 fully saturated rings. The molecule has 0 aromatic heterocycles. The molecular weight excluding hydrogens is 325 g/mol. The van der Waals surface area contributed by atoms with Crippen LogP contribution in [-0.2, 0) is 21.4 Å². The van der Waals surface area contributed by atoms with Crippen LogP contribution in [-0.4, -0.2) is 44.1 Å². The van der Waals surface area contributed by atoms with Gasteiger partial charge in [-0.3, -0.25) is 0 Å². The summed E-state index contributed by atoms with van der Waals surface area (Å²) >= 11 is 12.0. The number of hydrogen-bond donors (Lipinski definition) is 1. The zero-order valence-electron chi connectivity index (χ0n) is 10.7. The number of nitrogens with zero attached hydrogens (tertiary/aromatic N) is 1. The molecule has 1 N–H and O–H groups in total. The van der Waals surface area contributed by atoms with Gasteiger partial charge in [-0.25, -0.2) is 8.42 Å². The highest BCUT2D eigenvalue weighted by atomic mass is 35.5. The van der Waals surface area contributed by atoms with Crippen LogP contribution in [0.5, 0.6) is 0 Å². The average molecular weight is 340 g/mol. The first kappa shape index (κ1) is 16.0. The van der Waals surface area contributed by atoms with Gasteiger partial charge >= 0.3 is 0 Å². The quantitative estimate of drug-likeness (QED) is 0.913. The maximum Gasteiger partial charge on any atom is 0.244 e. The number of halogens is 2. The van der Waals surface area contributed by atoms with Crippen molar-refractivity contribution in [1.29, 1.82) is 0 Å². The van der Waals surface area contributed by atoms with Crippen molar-refractivity contribution in [2.75, 3.05) is 26.3 Å². The van der Waals surface area contributed by atoms with Gasteiger partial charge in [-0.2, -0.15) is 4.31 Å². The molecule has 1 aliphatic rings. The lowest BCUT2D eigenvalue weighted by atomic mass is 10.2. The summed E-state index contributed by atoms with van der Waals surface area (Å²) < 4.78 is 31.8. The van der Waals surface area contributed by atoms with Gasteiger partial charge in [-0.15, -0.1) is 0 Å². The third-order valence-corrected chi connectivity index (χ3v) is 5.75. The Balaban J connectivity index is 2.45. The van der Waals surface area contributed by atoms with E-state index in [-0.39, 0.29) is 28.1 Å². The number of aliphatic hydroxyl groups is 1. The SMILES string of the molecule is O=S(=O)(c1cc(Cl)cc(CO)c1Cl)N1CCCOCC1. The molecular formula is C12H15Cl2NO4S. The summed E-state index contributed by atoms with van der Waals surface area (Å²) in [5.74, 6) is 0. The maximum absolute atomic E-state index is 12.6. The van der Waals surface area contributed by atoms with E-state index in [1.54, 1.807) is 0 Å². The summed E-state index contributed by atoms with van der Waals surface area (Å²) in [5, 5.41) is 9.46. The fraction of sp³-hybridized carbons (Fsp3) is 0.500. The molecule has 0 aliphatic carbocycles. The van der Waals surface area contributed by atoms with Crippen LogP contribution in [0.3, 0.4) is 0 Å². The lowest BCUT2D eigenvalue weighted by molar-refractivity contribution is 0.148. The lowest BCUT2D eigenvalue weighted by Crippen LogP contribution is -2.33. The van der Waals surface area contributed by atoms with Gasteiger partial charge in [-0.05, 0) is 24.1 Å². The van der Waals surface area contributed by atoms with Crippen LogP contribution in [0.15, 0.2) is 17.0 Å². The van der Waals surface area contributed by atoms with E-state index in [0.29, 0.717) is 31.7 Å². The second-order valence-electron chi connectivity index (χ2n) is 4.41. The van der Waals surface area contributed by atoms with E-state index in [2.05, 4.69) is 0 Å². The van der Waals surface area contributed by atoms with E-state index >= 15 is 0 Å². The number of ether oxygens (including phenoxy) is 1. The van der Waals surface area contributed by atoms with Crippen molar-refractivity contribution < 1.29 is 18.3 Å². The summed E-state index contributed by atoms with van der Waals surface area (Å²) in [5.41, 5.74) is 0.295. The predicted octanol–water partition coefficient (Wildman–Crippen LogP) is 1.90. The molecule has 1 aromatic carbocycles. The Kier molecular flexibility index (Phi) is 5.28. The zero-order chi connectivity index (χ0) is 14.8. The molecule has 0 radical (unpaired) electrons. The first-order valence-electron chi connectivity index (χ1n) is 6.13. The van der Waals surface area contributed by atoms with Crippen LogP contribution in [0, 0.1) is 0 Å². The molecule has 0 spiro atoms. The number of rotatable bonds is 3. The molecule has 0 amide bonds. The van der Waals surface area contributed by atoms with Gasteiger partial charge in [0.25, 0.3) is 0 Å². The molecule has 0 bridgehead atoms. The third-order valence-electron chi connectivity index (χ3n) is 3.05. The molecule has 1 aromatic rings. The molecule has 2 rings (SSSR count). The summed E-state index contributed by atoms with van der Waals surface area (Å²) in [6.45, 7) is 1.17. The smallest absolute Gasteiger partial charge is 0.244 e. The Labute approximate surface area is 128 Å². The highest BCUT2D eigenvalue weighted by Gasteiger charge is 2.28. The van der Waals surface area contributed by atoms with Crippen LogP contribution >= 0.6 is 23.2 Å². The molecule has 0 atom stereocenters. The molecule has 20 heavy (non-hydrogen) atoms. The highest BCUT2D eigenvalue weighted by molar-refractivity contribution is 7.89. The molecule has 5 nitrogen and oxygen atoms in total. The third kappa shape index (κ3) is 3.27. The largest absolute Gasteiger partial charge is 0.392 e. The highest BCUT2D eigenvalue weighted by Crippen LogP contribution is 2.31. The van der Waals surface area contributed by atoms with Crippen molar-refractivity contribution in [1.82, 2.24) is 4.31 Å². The second kappa shape index (κ2) is 6.60. The fourth-order valence-electron chi connectivity index (χ4n) is 2.02. The Hall–Kier alpha value is -0.370. The molecule has 112 valence electrons. The predicted molar refractivity (Wildman–Crippen MR) is 76.6 cm³/mol. The van der Waals surface area contributed by atoms with Crippen molar-refractivity contribution in [2.24, 2.45) is 0 Å². The van der Waals surface area contributed by atoms with Gasteiger partial charge < -0.3 is 9.84 Å². The van der Waals surface area contributed by atoms with E-state index in [1.807, 2.05) is 0 Å². The Bertz CT molecular complexity index is 583. The van der Waals surface area contributed by atoms with Crippen molar-refractivity contribution in [3.63, 3.8) is 0 Å². The molecule has 8 heteroatoms. The van der Waals surface area contributed by atoms with E-state index < -0.39 is 10.0 Å². The van der Waals surface area contributed by atoms with Crippen LogP contribution in [0.2, 0.25) is 10.0 Å². The van der Waals surface area contributed by atoms with Crippen molar-refractivity contribution in [3.8, 4) is 0 Å². The van der Waals surface area contributed by atoms with Gasteiger partial charge in [0, 0.05) is 24.7 Å². The normalized spacial score (nSPS) is 17.9. The summed E-state index contributed by atoms with van der Waals surface area (Å²) in [4.78, 5) is -0.0717. The minimum atomic E-state index is -3.75. The lowest BCUT2D eigenvalue weighted by Gasteiger charge is -2.21. The summed E-state index contributed by atoms with van der Waals surface area (Å²) in [6.07, 6.45) is 0.629. The summed E-state index contributed by atoms with van der Waals surface area (Å²) in [6, 6.07) is 2.76. The maximum atomic E-state index is 12.6. The second-order valence-corrected chi connectivity index (χ2v) is 7.13. The molecule has 0 saturated carbocycles. The van der Waals surface area contributed by atoms with Crippen LogP contribution < -0.4 is 0 Å². The molecule has 0 unspecified atom stereocenters. The number of sulfonamides is 1. The Morgan fingerprint density at radius 1 is 1.25 bits per heavy atom. The Morgan fingerprint density at radius 3 is 2.70 bits per heavy atom. The minimum Gasteiger partial charge on any atom is -0.392 e. The van der Waals surface area contributed by atoms with Gasteiger partial charge in [0.15, 0.2) is 0 Å². The molecule has 1 heterocycles. The Morgan fingerprint density at radius 2 is 2.00 bits per heavy atom. The number of aliphatic hydroxyl groups excluding tert-OH is 1. The summed E-state index contributed by atoms with van der Waals surface area (Å²) in [7, 11) is -3.75. The monoisotopic (exact) mass is 339 g/mol. The van der Waals surface area contributed by atoms with E-state index in [1.165, 1.54) is 16.4 Å². The van der Waals surface area contributed by atoms with E-state index in [0.717, 1.165) is 0 Å². The van der Waals surface area contributed by atoms with Gasteiger partial charge in [-0.1, -0.05) is 23.2 Å². The number of benzene rings is 1. The van der Waals surface area contributed by atoms with Crippen LogP contribution in [0.4, 0.5) is 0 Å². The topological polar surface area (TPSA) is 66.8 Å². The van der Waals surface area contributed by atoms with Crippen molar-refractivity contribution >= 4 is 33.2 Å². The van der Waals surface area contributed by atoms with Gasteiger partial charge in [0.1, 0.15) is 4.90 Å². The van der Waals surface area contributed by atoms with E-state index in [4.69, 9.17) is 27.9 Å². The number of hydrogen-bond acceptors (Lipinski definition) is 4. The molecule has 1 saturated heterocycles. The first-order chi connectivity index (χ1) is 9.46. The molecule has 1 aliphatic heterocycles. The fourth-order valence-corrected chi connectivity index (χ4v) is 4.39. The zero-order valence-corrected chi connectivity index (χ0v) is 13.0. The standard InChI is InChI=1S/C12H15Cl2NO4S/c13-10-6-9(8-16)12(14)11(7-10)20(17,18)15-2-1-4-19-5-3-15/h6-7,16H,1-5,8H2.